The van der Waals surface area contributed by atoms with Gasteiger partial charge in [-0.05, 0) is 49.4 Å². The van der Waals surface area contributed by atoms with E-state index in [4.69, 9.17) is 9.52 Å². The number of hydrogen-bond donors (Lipinski definition) is 1. The van der Waals surface area contributed by atoms with Crippen LogP contribution in [0.4, 0.5) is 10.1 Å². The molecule has 6 rings (SSSR count). The Bertz CT molecular complexity index is 2100. The maximum absolute atomic E-state index is 13.7. The summed E-state index contributed by atoms with van der Waals surface area (Å²) in [5.74, 6) is -0.612. The Labute approximate surface area is 241 Å². The summed E-state index contributed by atoms with van der Waals surface area (Å²) in [6.07, 6.45) is 2.84. The van der Waals surface area contributed by atoms with Crippen LogP contribution in [0.3, 0.4) is 0 Å². The van der Waals surface area contributed by atoms with Crippen LogP contribution in [0.1, 0.15) is 15.9 Å². The molecule has 3 aromatic carbocycles. The van der Waals surface area contributed by atoms with Crippen LogP contribution >= 0.6 is 0 Å². The fourth-order valence-electron chi connectivity index (χ4n) is 4.87. The van der Waals surface area contributed by atoms with Crippen molar-refractivity contribution >= 4 is 38.2 Å². The highest BCUT2D eigenvalue weighted by Gasteiger charge is 2.26. The summed E-state index contributed by atoms with van der Waals surface area (Å²) >= 11 is 0. The summed E-state index contributed by atoms with van der Waals surface area (Å²) in [7, 11) is -0.755. The highest BCUT2D eigenvalue weighted by atomic mass is 32.2. The number of imidazole rings is 1. The number of nitrogens with zero attached hydrogens (tertiary/aromatic N) is 4. The van der Waals surface area contributed by atoms with E-state index >= 15 is 0 Å². The van der Waals surface area contributed by atoms with Crippen molar-refractivity contribution in [1.82, 2.24) is 19.9 Å². The van der Waals surface area contributed by atoms with E-state index in [0.717, 1.165) is 27.4 Å². The summed E-state index contributed by atoms with van der Waals surface area (Å²) in [6.45, 7) is 2.01. The molecule has 11 heteroatoms. The number of furan rings is 1. The van der Waals surface area contributed by atoms with Crippen LogP contribution in [0, 0.1) is 12.7 Å². The van der Waals surface area contributed by atoms with Crippen molar-refractivity contribution in [3.05, 3.63) is 95.9 Å². The second kappa shape index (κ2) is 10.1. The minimum absolute atomic E-state index is 0.231. The fourth-order valence-corrected chi connectivity index (χ4v) is 5.38. The molecule has 0 spiro atoms. The third-order valence-electron chi connectivity index (χ3n) is 7.19. The molecule has 3 aromatic heterocycles. The highest BCUT2D eigenvalue weighted by molar-refractivity contribution is 7.92. The van der Waals surface area contributed by atoms with Crippen molar-refractivity contribution in [1.29, 1.82) is 0 Å². The van der Waals surface area contributed by atoms with Gasteiger partial charge in [0.1, 0.15) is 17.2 Å². The van der Waals surface area contributed by atoms with E-state index in [2.05, 4.69) is 10.3 Å². The lowest BCUT2D eigenvalue weighted by molar-refractivity contribution is 0.0964. The molecule has 6 aromatic rings. The first-order valence-corrected chi connectivity index (χ1v) is 14.8. The second-order valence-electron chi connectivity index (χ2n) is 9.99. The third kappa shape index (κ3) is 4.67. The Morgan fingerprint density at radius 2 is 1.69 bits per heavy atom. The van der Waals surface area contributed by atoms with Crippen LogP contribution in [-0.4, -0.2) is 49.3 Å². The zero-order valence-electron chi connectivity index (χ0n) is 23.2. The summed E-state index contributed by atoms with van der Waals surface area (Å²) < 4.78 is 48.1. The van der Waals surface area contributed by atoms with Gasteiger partial charge in [-0.1, -0.05) is 29.8 Å². The number of rotatable bonds is 6. The molecule has 1 amide bonds. The molecule has 0 fully saturated rings. The van der Waals surface area contributed by atoms with Crippen LogP contribution in [-0.2, 0) is 10.0 Å². The number of carbonyl (C=O) groups excluding carboxylic acids is 1. The molecule has 0 bridgehead atoms. The standard InChI is InChI=1S/C31H26FN5O4S/c1-18-5-7-19(8-6-18)26-17-34-28-14-13-24(35-37(26)28)22-15-23-27(16-25(22)36(3)42(4,39)40)41-30(29(23)31(38)33-2)20-9-11-21(32)12-10-20/h5-17H,1-4H3,(H,33,38). The van der Waals surface area contributed by atoms with E-state index in [9.17, 15) is 17.6 Å². The zero-order chi connectivity index (χ0) is 29.8. The molecule has 42 heavy (non-hydrogen) atoms. The van der Waals surface area contributed by atoms with E-state index in [-0.39, 0.29) is 16.9 Å². The van der Waals surface area contributed by atoms with Crippen molar-refractivity contribution in [2.45, 2.75) is 6.92 Å². The normalized spacial score (nSPS) is 11.7. The number of nitrogens with one attached hydrogen (secondary N) is 1. The number of benzene rings is 3. The van der Waals surface area contributed by atoms with Crippen molar-refractivity contribution in [2.24, 2.45) is 0 Å². The zero-order valence-corrected chi connectivity index (χ0v) is 24.0. The van der Waals surface area contributed by atoms with Gasteiger partial charge in [-0.15, -0.1) is 0 Å². The first kappa shape index (κ1) is 27.2. The monoisotopic (exact) mass is 583 g/mol. The van der Waals surface area contributed by atoms with E-state index in [1.807, 2.05) is 31.2 Å². The summed E-state index contributed by atoms with van der Waals surface area (Å²) in [6, 6.07) is 20.4. The van der Waals surface area contributed by atoms with Gasteiger partial charge < -0.3 is 9.73 Å². The van der Waals surface area contributed by atoms with Crippen LogP contribution in [0.5, 0.6) is 0 Å². The fraction of sp³-hybridized carbons (Fsp3) is 0.129. The molecule has 0 atom stereocenters. The molecule has 0 aliphatic carbocycles. The maximum Gasteiger partial charge on any atom is 0.255 e. The Hall–Kier alpha value is -5.03. The number of halogens is 1. The molecule has 0 saturated heterocycles. The topological polar surface area (TPSA) is 110 Å². The number of carbonyl (C=O) groups is 1. The first-order valence-electron chi connectivity index (χ1n) is 13.0. The van der Waals surface area contributed by atoms with Crippen molar-refractivity contribution in [2.75, 3.05) is 24.7 Å². The van der Waals surface area contributed by atoms with E-state index in [1.165, 1.54) is 38.4 Å². The lowest BCUT2D eigenvalue weighted by Crippen LogP contribution is -2.25. The number of aromatic nitrogens is 3. The van der Waals surface area contributed by atoms with Gasteiger partial charge in [0.15, 0.2) is 5.65 Å². The molecule has 0 aliphatic heterocycles. The van der Waals surface area contributed by atoms with E-state index in [1.54, 1.807) is 35.0 Å². The van der Waals surface area contributed by atoms with Gasteiger partial charge in [0.05, 0.1) is 35.1 Å². The SMILES string of the molecule is CNC(=O)c1c(-c2ccc(F)cc2)oc2cc(N(C)S(C)(=O)=O)c(-c3ccc4ncc(-c5ccc(C)cc5)n4n3)cc12. The van der Waals surface area contributed by atoms with Gasteiger partial charge in [0.2, 0.25) is 10.0 Å². The number of fused-ring (bicyclic) bond motifs is 2. The summed E-state index contributed by atoms with van der Waals surface area (Å²) in [5, 5.41) is 7.96. The Kier molecular flexibility index (Phi) is 6.53. The minimum Gasteiger partial charge on any atom is -0.455 e. The molecule has 0 saturated carbocycles. The van der Waals surface area contributed by atoms with Crippen LogP contribution < -0.4 is 9.62 Å². The average Bonchev–Trinajstić information content (AvgIpc) is 3.57. The maximum atomic E-state index is 13.7. The quantitative estimate of drug-likeness (QED) is 0.270. The van der Waals surface area contributed by atoms with E-state index in [0.29, 0.717) is 33.5 Å². The van der Waals surface area contributed by atoms with Crippen molar-refractivity contribution < 1.29 is 22.0 Å². The van der Waals surface area contributed by atoms with Gasteiger partial charge in [-0.2, -0.15) is 5.10 Å². The predicted molar refractivity (Wildman–Crippen MR) is 160 cm³/mol. The van der Waals surface area contributed by atoms with E-state index < -0.39 is 21.7 Å². The number of aryl methyl sites for hydroxylation is 1. The van der Waals surface area contributed by atoms with Gasteiger partial charge in [-0.3, -0.25) is 9.10 Å². The Morgan fingerprint density at radius 3 is 2.36 bits per heavy atom. The van der Waals surface area contributed by atoms with Gasteiger partial charge in [-0.25, -0.2) is 22.3 Å². The largest absolute Gasteiger partial charge is 0.455 e. The summed E-state index contributed by atoms with van der Waals surface area (Å²) in [4.78, 5) is 17.7. The molecule has 212 valence electrons. The lowest BCUT2D eigenvalue weighted by Gasteiger charge is -2.20. The predicted octanol–water partition coefficient (Wildman–Crippen LogP) is 5.68. The molecule has 9 nitrogen and oxygen atoms in total. The molecular weight excluding hydrogens is 557 g/mol. The molecule has 0 aliphatic rings. The van der Waals surface area contributed by atoms with Crippen molar-refractivity contribution in [3.63, 3.8) is 0 Å². The smallest absolute Gasteiger partial charge is 0.255 e. The number of anilines is 1. The number of hydrogen-bond acceptors (Lipinski definition) is 6. The Morgan fingerprint density at radius 1 is 1.00 bits per heavy atom. The second-order valence-corrected chi connectivity index (χ2v) is 12.0. The third-order valence-corrected chi connectivity index (χ3v) is 8.38. The number of amides is 1. The molecule has 0 radical (unpaired) electrons. The van der Waals surface area contributed by atoms with Crippen molar-refractivity contribution in [3.8, 4) is 33.8 Å². The molecule has 0 unspecified atom stereocenters. The molecular formula is C31H26FN5O4S. The highest BCUT2D eigenvalue weighted by Crippen LogP contribution is 2.41. The van der Waals surface area contributed by atoms with Crippen LogP contribution in [0.25, 0.3) is 50.5 Å². The van der Waals surface area contributed by atoms with Crippen LogP contribution in [0.15, 0.2) is 83.4 Å². The summed E-state index contributed by atoms with van der Waals surface area (Å²) in [5.41, 5.74) is 5.64. The van der Waals surface area contributed by atoms with Gasteiger partial charge in [0, 0.05) is 42.2 Å². The minimum atomic E-state index is -3.70. The lowest BCUT2D eigenvalue weighted by atomic mass is 10.0. The van der Waals surface area contributed by atoms with Crippen LogP contribution in [0.2, 0.25) is 0 Å². The average molecular weight is 584 g/mol. The molecule has 3 heterocycles. The van der Waals surface area contributed by atoms with Gasteiger partial charge >= 0.3 is 0 Å². The first-order chi connectivity index (χ1) is 20.0. The Balaban J connectivity index is 1.63. The number of sulfonamides is 1. The van der Waals surface area contributed by atoms with Gasteiger partial charge in [0.25, 0.3) is 5.91 Å². The molecule has 1 N–H and O–H groups in total.